The molecule has 1 aromatic rings. The lowest BCUT2D eigenvalue weighted by Gasteiger charge is -2.11. The van der Waals surface area contributed by atoms with Gasteiger partial charge in [-0.15, -0.1) is 11.8 Å². The van der Waals surface area contributed by atoms with E-state index in [0.29, 0.717) is 5.82 Å². The van der Waals surface area contributed by atoms with Crippen LogP contribution >= 0.6 is 11.8 Å². The minimum Gasteiger partial charge on any atom is -0.274 e. The van der Waals surface area contributed by atoms with Crippen LogP contribution in [0, 0.1) is 0 Å². The van der Waals surface area contributed by atoms with Crippen molar-refractivity contribution in [3.8, 4) is 0 Å². The Bertz CT molecular complexity index is 388. The van der Waals surface area contributed by atoms with Gasteiger partial charge in [-0.1, -0.05) is 0 Å². The molecule has 1 saturated heterocycles. The molecule has 2 amide bonds. The molecule has 0 aromatic carbocycles. The number of carbonyl (C=O) groups is 2. The molecule has 0 bridgehead atoms. The lowest BCUT2D eigenvalue weighted by molar-refractivity contribution is -0.121. The van der Waals surface area contributed by atoms with E-state index in [1.54, 1.807) is 6.20 Å². The van der Waals surface area contributed by atoms with E-state index < -0.39 is 0 Å². The van der Waals surface area contributed by atoms with Gasteiger partial charge in [0.1, 0.15) is 5.03 Å². The maximum absolute atomic E-state index is 11.4. The molecule has 0 aliphatic carbocycles. The topological polar surface area (TPSA) is 63.2 Å². The standard InChI is InChI=1S/C9H9N3O2S/c1-15-7-5-10-6(4-11-7)12-8(13)2-3-9(12)14/h4-5H,2-3H2,1H3. The van der Waals surface area contributed by atoms with Gasteiger partial charge in [0.15, 0.2) is 5.82 Å². The molecule has 78 valence electrons. The third kappa shape index (κ3) is 1.85. The van der Waals surface area contributed by atoms with Crippen LogP contribution in [0.2, 0.25) is 0 Å². The van der Waals surface area contributed by atoms with Gasteiger partial charge < -0.3 is 0 Å². The summed E-state index contributed by atoms with van der Waals surface area (Å²) in [6.07, 6.45) is 5.43. The normalized spacial score (nSPS) is 16.2. The van der Waals surface area contributed by atoms with Crippen molar-refractivity contribution in [3.63, 3.8) is 0 Å². The summed E-state index contributed by atoms with van der Waals surface area (Å²) in [5.41, 5.74) is 0. The number of rotatable bonds is 2. The Morgan fingerprint density at radius 2 is 1.87 bits per heavy atom. The van der Waals surface area contributed by atoms with Gasteiger partial charge in [-0.3, -0.25) is 9.59 Å². The second kappa shape index (κ2) is 3.98. The highest BCUT2D eigenvalue weighted by molar-refractivity contribution is 7.98. The molecule has 0 atom stereocenters. The highest BCUT2D eigenvalue weighted by atomic mass is 32.2. The average molecular weight is 223 g/mol. The summed E-state index contributed by atoms with van der Waals surface area (Å²) in [6.45, 7) is 0. The van der Waals surface area contributed by atoms with Gasteiger partial charge in [-0.05, 0) is 6.26 Å². The van der Waals surface area contributed by atoms with Crippen LogP contribution in [0.15, 0.2) is 17.4 Å². The Kier molecular flexibility index (Phi) is 2.68. The van der Waals surface area contributed by atoms with Crippen molar-refractivity contribution >= 4 is 29.4 Å². The Hall–Kier alpha value is -1.43. The van der Waals surface area contributed by atoms with Gasteiger partial charge in [-0.25, -0.2) is 14.9 Å². The van der Waals surface area contributed by atoms with Gasteiger partial charge >= 0.3 is 0 Å². The second-order valence-electron chi connectivity index (χ2n) is 3.04. The smallest absolute Gasteiger partial charge is 0.235 e. The predicted molar refractivity (Wildman–Crippen MR) is 55.5 cm³/mol. The van der Waals surface area contributed by atoms with E-state index in [0.717, 1.165) is 9.93 Å². The minimum absolute atomic E-state index is 0.203. The Morgan fingerprint density at radius 3 is 2.33 bits per heavy atom. The van der Waals surface area contributed by atoms with E-state index in [1.807, 2.05) is 6.26 Å². The molecule has 0 radical (unpaired) electrons. The Morgan fingerprint density at radius 1 is 1.20 bits per heavy atom. The van der Waals surface area contributed by atoms with Gasteiger partial charge in [0.25, 0.3) is 0 Å². The number of imide groups is 1. The van der Waals surface area contributed by atoms with Crippen LogP contribution in [0.1, 0.15) is 12.8 Å². The van der Waals surface area contributed by atoms with Crippen LogP contribution in [0.5, 0.6) is 0 Å². The molecule has 1 aliphatic heterocycles. The largest absolute Gasteiger partial charge is 0.274 e. The molecule has 0 N–H and O–H groups in total. The minimum atomic E-state index is -0.203. The van der Waals surface area contributed by atoms with E-state index >= 15 is 0 Å². The third-order valence-electron chi connectivity index (χ3n) is 2.10. The van der Waals surface area contributed by atoms with E-state index in [-0.39, 0.29) is 24.7 Å². The molecule has 1 aromatic heterocycles. The molecule has 2 heterocycles. The van der Waals surface area contributed by atoms with Crippen molar-refractivity contribution in [2.75, 3.05) is 11.2 Å². The zero-order valence-electron chi connectivity index (χ0n) is 8.14. The summed E-state index contributed by atoms with van der Waals surface area (Å²) in [6, 6.07) is 0. The lowest BCUT2D eigenvalue weighted by Crippen LogP contribution is -2.29. The van der Waals surface area contributed by atoms with E-state index in [1.165, 1.54) is 18.0 Å². The van der Waals surface area contributed by atoms with Crippen molar-refractivity contribution in [2.45, 2.75) is 17.9 Å². The zero-order valence-corrected chi connectivity index (χ0v) is 8.95. The quantitative estimate of drug-likeness (QED) is 0.549. The van der Waals surface area contributed by atoms with E-state index in [4.69, 9.17) is 0 Å². The summed E-state index contributed by atoms with van der Waals surface area (Å²) in [5, 5.41) is 0.762. The summed E-state index contributed by atoms with van der Waals surface area (Å²) in [5.74, 6) is -0.0855. The molecule has 15 heavy (non-hydrogen) atoms. The summed E-state index contributed by atoms with van der Waals surface area (Å²) in [7, 11) is 0. The van der Waals surface area contributed by atoms with Crippen molar-refractivity contribution in [1.29, 1.82) is 0 Å². The highest BCUT2D eigenvalue weighted by Crippen LogP contribution is 2.20. The van der Waals surface area contributed by atoms with Crippen LogP contribution in [0.4, 0.5) is 5.82 Å². The van der Waals surface area contributed by atoms with Gasteiger partial charge in [-0.2, -0.15) is 0 Å². The first-order valence-electron chi connectivity index (χ1n) is 4.44. The fourth-order valence-corrected chi connectivity index (χ4v) is 1.68. The summed E-state index contributed by atoms with van der Waals surface area (Å²) in [4.78, 5) is 31.9. The molecule has 2 rings (SSSR count). The summed E-state index contributed by atoms with van der Waals surface area (Å²) < 4.78 is 0. The molecular weight excluding hydrogens is 214 g/mol. The number of hydrogen-bond donors (Lipinski definition) is 0. The number of anilines is 1. The number of aromatic nitrogens is 2. The molecule has 0 unspecified atom stereocenters. The fraction of sp³-hybridized carbons (Fsp3) is 0.333. The van der Waals surface area contributed by atoms with Crippen molar-refractivity contribution in [1.82, 2.24) is 9.97 Å². The first-order chi connectivity index (χ1) is 7.22. The third-order valence-corrected chi connectivity index (χ3v) is 2.73. The van der Waals surface area contributed by atoms with Crippen molar-refractivity contribution in [3.05, 3.63) is 12.4 Å². The monoisotopic (exact) mass is 223 g/mol. The van der Waals surface area contributed by atoms with Crippen LogP contribution in [-0.2, 0) is 9.59 Å². The first-order valence-corrected chi connectivity index (χ1v) is 5.66. The van der Waals surface area contributed by atoms with Crippen molar-refractivity contribution in [2.24, 2.45) is 0 Å². The maximum atomic E-state index is 11.4. The van der Waals surface area contributed by atoms with Crippen LogP contribution in [-0.4, -0.2) is 28.0 Å². The van der Waals surface area contributed by atoms with E-state index in [9.17, 15) is 9.59 Å². The number of thioether (sulfide) groups is 1. The fourth-order valence-electron chi connectivity index (χ4n) is 1.36. The second-order valence-corrected chi connectivity index (χ2v) is 3.87. The molecular formula is C9H9N3O2S. The molecule has 0 spiro atoms. The maximum Gasteiger partial charge on any atom is 0.235 e. The summed E-state index contributed by atoms with van der Waals surface area (Å²) >= 11 is 1.46. The molecule has 5 nitrogen and oxygen atoms in total. The molecule has 1 aliphatic rings. The van der Waals surface area contributed by atoms with E-state index in [2.05, 4.69) is 9.97 Å². The lowest BCUT2D eigenvalue weighted by atomic mass is 10.4. The van der Waals surface area contributed by atoms with Crippen LogP contribution < -0.4 is 4.90 Å². The molecule has 0 saturated carbocycles. The highest BCUT2D eigenvalue weighted by Gasteiger charge is 2.31. The zero-order chi connectivity index (χ0) is 10.8. The Labute approximate surface area is 90.9 Å². The molecule has 1 fully saturated rings. The number of hydrogen-bond acceptors (Lipinski definition) is 5. The van der Waals surface area contributed by atoms with Gasteiger partial charge in [0.05, 0.1) is 12.4 Å². The SMILES string of the molecule is CSc1cnc(N2C(=O)CCC2=O)cn1. The van der Waals surface area contributed by atoms with Gasteiger partial charge in [0, 0.05) is 12.8 Å². The van der Waals surface area contributed by atoms with Crippen LogP contribution in [0.25, 0.3) is 0 Å². The van der Waals surface area contributed by atoms with Crippen molar-refractivity contribution < 1.29 is 9.59 Å². The van der Waals surface area contributed by atoms with Crippen LogP contribution in [0.3, 0.4) is 0 Å². The average Bonchev–Trinajstić information content (AvgIpc) is 2.59. The van der Waals surface area contributed by atoms with Gasteiger partial charge in [0.2, 0.25) is 11.8 Å². The molecule has 6 heteroatoms. The number of amides is 2. The predicted octanol–water partition coefficient (Wildman–Crippen LogP) is 0.852. The number of nitrogens with zero attached hydrogens (tertiary/aromatic N) is 3. The number of carbonyl (C=O) groups excluding carboxylic acids is 2. The Balaban J connectivity index is 2.29. The first kappa shape index (κ1) is 10.1.